The van der Waals surface area contributed by atoms with E-state index in [0.29, 0.717) is 0 Å². The second-order valence-corrected chi connectivity index (χ2v) is 4.55. The van der Waals surface area contributed by atoms with Crippen molar-refractivity contribution in [2.45, 2.75) is 45.7 Å². The zero-order valence-corrected chi connectivity index (χ0v) is 10.2. The number of hydrogen-bond acceptors (Lipinski definition) is 3. The highest BCUT2D eigenvalue weighted by molar-refractivity contribution is 5.40. The quantitative estimate of drug-likeness (QED) is 0.849. The lowest BCUT2D eigenvalue weighted by Crippen LogP contribution is -2.26. The van der Waals surface area contributed by atoms with E-state index in [1.54, 1.807) is 6.20 Å². The molecule has 0 aliphatic carbocycles. The third-order valence-corrected chi connectivity index (χ3v) is 3.35. The Kier molecular flexibility index (Phi) is 3.83. The van der Waals surface area contributed by atoms with Gasteiger partial charge in [0.05, 0.1) is 17.6 Å². The minimum Gasteiger partial charge on any atom is -0.396 e. The summed E-state index contributed by atoms with van der Waals surface area (Å²) in [5, 5.41) is 4.29. The molecule has 1 aliphatic rings. The van der Waals surface area contributed by atoms with Gasteiger partial charge in [0.15, 0.2) is 0 Å². The van der Waals surface area contributed by atoms with E-state index in [4.69, 9.17) is 5.73 Å². The zero-order chi connectivity index (χ0) is 11.4. The molecular formula is C12H22N4. The Morgan fingerprint density at radius 2 is 1.94 bits per heavy atom. The van der Waals surface area contributed by atoms with Gasteiger partial charge in [-0.25, -0.2) is 0 Å². The predicted octanol–water partition coefficient (Wildman–Crippen LogP) is 1.86. The van der Waals surface area contributed by atoms with Gasteiger partial charge in [-0.2, -0.15) is 5.10 Å². The number of nitrogen functional groups attached to an aromatic ring is 1. The molecule has 0 unspecified atom stereocenters. The smallest absolute Gasteiger partial charge is 0.0753 e. The predicted molar refractivity (Wildman–Crippen MR) is 66.1 cm³/mol. The van der Waals surface area contributed by atoms with Crippen molar-refractivity contribution < 1.29 is 0 Å². The van der Waals surface area contributed by atoms with Crippen molar-refractivity contribution in [1.29, 1.82) is 0 Å². The van der Waals surface area contributed by atoms with Crippen molar-refractivity contribution in [3.8, 4) is 0 Å². The molecule has 0 saturated carbocycles. The Hall–Kier alpha value is -1.03. The van der Waals surface area contributed by atoms with Crippen LogP contribution in [-0.4, -0.2) is 27.8 Å². The van der Waals surface area contributed by atoms with E-state index in [-0.39, 0.29) is 0 Å². The monoisotopic (exact) mass is 222 g/mol. The molecule has 2 heterocycles. The van der Waals surface area contributed by atoms with Crippen LogP contribution in [0.1, 0.15) is 38.3 Å². The summed E-state index contributed by atoms with van der Waals surface area (Å²) in [5.74, 6) is 0. The van der Waals surface area contributed by atoms with Crippen molar-refractivity contribution in [2.24, 2.45) is 0 Å². The lowest BCUT2D eigenvalue weighted by atomic mass is 10.2. The van der Waals surface area contributed by atoms with Crippen LogP contribution in [0.15, 0.2) is 6.20 Å². The molecule has 1 aliphatic heterocycles. The van der Waals surface area contributed by atoms with Gasteiger partial charge in [-0.1, -0.05) is 12.8 Å². The van der Waals surface area contributed by atoms with Crippen LogP contribution in [0.25, 0.3) is 0 Å². The number of likely N-dealkylation sites (tertiary alicyclic amines) is 1. The van der Waals surface area contributed by atoms with E-state index < -0.39 is 0 Å². The molecule has 0 aromatic carbocycles. The number of nitrogens with zero attached hydrogens (tertiary/aromatic N) is 3. The lowest BCUT2D eigenvalue weighted by molar-refractivity contribution is 0.268. The molecule has 2 N–H and O–H groups in total. The van der Waals surface area contributed by atoms with E-state index >= 15 is 0 Å². The first-order valence-corrected chi connectivity index (χ1v) is 6.33. The SMILES string of the molecule is CCn1ncc(N)c1CN1CCCCCC1. The van der Waals surface area contributed by atoms with Gasteiger partial charge >= 0.3 is 0 Å². The first-order chi connectivity index (χ1) is 7.81. The summed E-state index contributed by atoms with van der Waals surface area (Å²) < 4.78 is 2.01. The van der Waals surface area contributed by atoms with Crippen molar-refractivity contribution >= 4 is 5.69 Å². The first kappa shape index (κ1) is 11.5. The summed E-state index contributed by atoms with van der Waals surface area (Å²) >= 11 is 0. The van der Waals surface area contributed by atoms with Gasteiger partial charge in [-0.05, 0) is 32.9 Å². The maximum absolute atomic E-state index is 5.96. The molecule has 0 spiro atoms. The molecule has 0 atom stereocenters. The Morgan fingerprint density at radius 3 is 2.56 bits per heavy atom. The summed E-state index contributed by atoms with van der Waals surface area (Å²) in [6.45, 7) is 6.38. The summed E-state index contributed by atoms with van der Waals surface area (Å²) in [7, 11) is 0. The van der Waals surface area contributed by atoms with Gasteiger partial charge in [0.25, 0.3) is 0 Å². The molecule has 4 heteroatoms. The average Bonchev–Trinajstić information content (AvgIpc) is 2.52. The minimum atomic E-state index is 0.839. The largest absolute Gasteiger partial charge is 0.396 e. The summed E-state index contributed by atoms with van der Waals surface area (Å²) in [4.78, 5) is 2.51. The van der Waals surface area contributed by atoms with E-state index in [1.165, 1.54) is 44.5 Å². The van der Waals surface area contributed by atoms with E-state index in [0.717, 1.165) is 18.8 Å². The third-order valence-electron chi connectivity index (χ3n) is 3.35. The molecule has 0 amide bonds. The molecule has 4 nitrogen and oxygen atoms in total. The van der Waals surface area contributed by atoms with Crippen LogP contribution in [0.3, 0.4) is 0 Å². The summed E-state index contributed by atoms with van der Waals surface area (Å²) in [5.41, 5.74) is 7.99. The van der Waals surface area contributed by atoms with Gasteiger partial charge in [0.2, 0.25) is 0 Å². The molecule has 1 aromatic heterocycles. The van der Waals surface area contributed by atoms with Crippen LogP contribution in [0.2, 0.25) is 0 Å². The van der Waals surface area contributed by atoms with Gasteiger partial charge in [0, 0.05) is 13.1 Å². The van der Waals surface area contributed by atoms with E-state index in [9.17, 15) is 0 Å². The van der Waals surface area contributed by atoms with Crippen LogP contribution in [0.5, 0.6) is 0 Å². The second kappa shape index (κ2) is 5.34. The molecule has 1 fully saturated rings. The maximum Gasteiger partial charge on any atom is 0.0753 e. The molecular weight excluding hydrogens is 200 g/mol. The molecule has 1 aromatic rings. The van der Waals surface area contributed by atoms with Crippen molar-refractivity contribution in [3.63, 3.8) is 0 Å². The third kappa shape index (κ3) is 2.55. The Balaban J connectivity index is 2.03. The maximum atomic E-state index is 5.96. The highest BCUT2D eigenvalue weighted by Gasteiger charge is 2.14. The Labute approximate surface area is 97.4 Å². The van der Waals surface area contributed by atoms with Crippen LogP contribution >= 0.6 is 0 Å². The van der Waals surface area contributed by atoms with Crippen molar-refractivity contribution in [2.75, 3.05) is 18.8 Å². The van der Waals surface area contributed by atoms with Gasteiger partial charge in [0.1, 0.15) is 0 Å². The highest BCUT2D eigenvalue weighted by atomic mass is 15.3. The van der Waals surface area contributed by atoms with E-state index in [1.807, 2.05) is 4.68 Å². The number of hydrogen-bond donors (Lipinski definition) is 1. The number of rotatable bonds is 3. The van der Waals surface area contributed by atoms with Crippen LogP contribution in [0, 0.1) is 0 Å². The van der Waals surface area contributed by atoms with Gasteiger partial charge < -0.3 is 5.73 Å². The standard InChI is InChI=1S/C12H22N4/c1-2-16-12(11(13)9-14-16)10-15-7-5-3-4-6-8-15/h9H,2-8,10,13H2,1H3. The molecule has 1 saturated heterocycles. The number of nitrogens with two attached hydrogens (primary N) is 1. The van der Waals surface area contributed by atoms with Gasteiger partial charge in [-0.15, -0.1) is 0 Å². The number of aryl methyl sites for hydroxylation is 1. The van der Waals surface area contributed by atoms with Crippen LogP contribution in [0.4, 0.5) is 5.69 Å². The molecule has 16 heavy (non-hydrogen) atoms. The van der Waals surface area contributed by atoms with Crippen molar-refractivity contribution in [1.82, 2.24) is 14.7 Å². The lowest BCUT2D eigenvalue weighted by Gasteiger charge is -2.20. The molecule has 90 valence electrons. The fraction of sp³-hybridized carbons (Fsp3) is 0.750. The summed E-state index contributed by atoms with van der Waals surface area (Å²) in [6, 6.07) is 0. The second-order valence-electron chi connectivity index (χ2n) is 4.55. The van der Waals surface area contributed by atoms with Crippen molar-refractivity contribution in [3.05, 3.63) is 11.9 Å². The number of anilines is 1. The Morgan fingerprint density at radius 1 is 1.25 bits per heavy atom. The van der Waals surface area contributed by atoms with E-state index in [2.05, 4.69) is 16.9 Å². The summed E-state index contributed by atoms with van der Waals surface area (Å²) in [6.07, 6.45) is 7.16. The van der Waals surface area contributed by atoms with Crippen LogP contribution in [-0.2, 0) is 13.1 Å². The Bertz CT molecular complexity index is 324. The fourth-order valence-corrected chi connectivity index (χ4v) is 2.38. The zero-order valence-electron chi connectivity index (χ0n) is 10.2. The fourth-order valence-electron chi connectivity index (χ4n) is 2.38. The molecule has 0 radical (unpaired) electrons. The van der Waals surface area contributed by atoms with Crippen LogP contribution < -0.4 is 5.73 Å². The molecule has 0 bridgehead atoms. The normalized spacial score (nSPS) is 18.6. The first-order valence-electron chi connectivity index (χ1n) is 6.33. The number of aromatic nitrogens is 2. The topological polar surface area (TPSA) is 47.1 Å². The molecule has 2 rings (SSSR count). The average molecular weight is 222 g/mol. The highest BCUT2D eigenvalue weighted by Crippen LogP contribution is 2.17. The minimum absolute atomic E-state index is 0.839. The van der Waals surface area contributed by atoms with Gasteiger partial charge in [-0.3, -0.25) is 9.58 Å².